The van der Waals surface area contributed by atoms with Gasteiger partial charge in [-0.05, 0) is 12.1 Å². The lowest BCUT2D eigenvalue weighted by molar-refractivity contribution is 0.645. The zero-order valence-electron chi connectivity index (χ0n) is 11.1. The fraction of sp³-hybridized carbons (Fsp3) is 0.667. The van der Waals surface area contributed by atoms with Crippen LogP contribution in [0.4, 0.5) is 0 Å². The molecule has 0 aromatic carbocycles. The van der Waals surface area contributed by atoms with Crippen LogP contribution in [0.15, 0.2) is 30.6 Å². The Hall–Kier alpha value is -0.785. The van der Waals surface area contributed by atoms with Crippen LogP contribution in [0.1, 0.15) is 55.9 Å². The number of rotatable bonds is 2. The highest BCUT2D eigenvalue weighted by Gasteiger charge is 2.10. The van der Waals surface area contributed by atoms with Crippen LogP contribution in [-0.4, -0.2) is 12.3 Å². The fourth-order valence-electron chi connectivity index (χ4n) is 0.517. The van der Waals surface area contributed by atoms with Crippen LogP contribution in [0.2, 0.25) is 12.1 Å². The maximum atomic E-state index is 3.78. The Morgan fingerprint density at radius 3 is 1.47 bits per heavy atom. The standard InChI is InChI=1S/C6H14B.C5H5N.C2H6.2CH4/c1-5-6(2,3)7-4;1-2-4-6-5-3-1;1-2;;/h5H2,1-4H3;1-5H;1-2H3;2*1H4. The smallest absolute Gasteiger partial charge is 0.113 e. The van der Waals surface area contributed by atoms with E-state index >= 15 is 0 Å². The molecule has 0 aliphatic carbocycles. The van der Waals surface area contributed by atoms with Gasteiger partial charge in [-0.3, -0.25) is 4.98 Å². The van der Waals surface area contributed by atoms with Crippen molar-refractivity contribution < 1.29 is 0 Å². The molecule has 1 radical (unpaired) electrons. The first-order chi connectivity index (χ1) is 7.12. The van der Waals surface area contributed by atoms with Gasteiger partial charge in [-0.2, -0.15) is 0 Å². The molecule has 0 bridgehead atoms. The Labute approximate surface area is 111 Å². The van der Waals surface area contributed by atoms with E-state index in [0.29, 0.717) is 5.31 Å². The lowest BCUT2D eigenvalue weighted by Crippen LogP contribution is -2.06. The van der Waals surface area contributed by atoms with E-state index in [-0.39, 0.29) is 14.9 Å². The van der Waals surface area contributed by atoms with Gasteiger partial charge in [-0.25, -0.2) is 0 Å². The molecule has 1 rings (SSSR count). The summed E-state index contributed by atoms with van der Waals surface area (Å²) in [5.41, 5.74) is 0. The molecule has 1 nitrogen and oxygen atoms in total. The Bertz CT molecular complexity index is 165. The molecule has 17 heavy (non-hydrogen) atoms. The van der Waals surface area contributed by atoms with E-state index in [1.807, 2.05) is 32.0 Å². The molecule has 0 spiro atoms. The van der Waals surface area contributed by atoms with Crippen molar-refractivity contribution in [3.63, 3.8) is 0 Å². The van der Waals surface area contributed by atoms with Crippen molar-refractivity contribution in [2.75, 3.05) is 0 Å². The Kier molecular flexibility index (Phi) is 26.1. The first-order valence-electron chi connectivity index (χ1n) is 5.78. The minimum absolute atomic E-state index is 0. The Balaban J connectivity index is -0.0000000788. The molecule has 2 heteroatoms. The van der Waals surface area contributed by atoms with Crippen molar-refractivity contribution in [3.8, 4) is 0 Å². The fourth-order valence-corrected chi connectivity index (χ4v) is 0.517. The average Bonchev–Trinajstić information content (AvgIpc) is 2.35. The molecular weight excluding hydrogens is 205 g/mol. The van der Waals surface area contributed by atoms with Crippen LogP contribution in [0.3, 0.4) is 0 Å². The molecule has 1 heterocycles. The summed E-state index contributed by atoms with van der Waals surface area (Å²) in [6, 6.07) is 5.72. The number of hydrogen-bond acceptors (Lipinski definition) is 1. The van der Waals surface area contributed by atoms with Crippen LogP contribution in [0.5, 0.6) is 0 Å². The monoisotopic (exact) mass is 238 g/mol. The summed E-state index contributed by atoms with van der Waals surface area (Å²) in [6.45, 7) is 12.8. The van der Waals surface area contributed by atoms with Crippen molar-refractivity contribution in [2.24, 2.45) is 0 Å². The topological polar surface area (TPSA) is 12.9 Å². The van der Waals surface area contributed by atoms with E-state index in [0.717, 1.165) is 0 Å². The van der Waals surface area contributed by atoms with E-state index < -0.39 is 0 Å². The van der Waals surface area contributed by atoms with Gasteiger partial charge in [0, 0.05) is 12.4 Å². The van der Waals surface area contributed by atoms with Gasteiger partial charge >= 0.3 is 0 Å². The molecule has 0 amide bonds. The van der Waals surface area contributed by atoms with E-state index in [1.165, 1.54) is 6.42 Å². The first kappa shape index (κ1) is 25.2. The zero-order chi connectivity index (χ0) is 12.2. The van der Waals surface area contributed by atoms with Gasteiger partial charge in [0.1, 0.15) is 7.28 Å². The van der Waals surface area contributed by atoms with Crippen molar-refractivity contribution in [2.45, 2.75) is 68.0 Å². The average molecular weight is 238 g/mol. The molecular formula is C15H33BN. The van der Waals surface area contributed by atoms with Crippen LogP contribution >= 0.6 is 0 Å². The Morgan fingerprint density at radius 1 is 1.00 bits per heavy atom. The SMILES string of the molecule is C.C.CC.C[B]C(C)(C)CC.c1ccncc1. The van der Waals surface area contributed by atoms with Gasteiger partial charge in [-0.1, -0.05) is 74.1 Å². The molecule has 0 aliphatic rings. The van der Waals surface area contributed by atoms with Gasteiger partial charge in [0.15, 0.2) is 0 Å². The van der Waals surface area contributed by atoms with Crippen molar-refractivity contribution in [1.29, 1.82) is 0 Å². The zero-order valence-corrected chi connectivity index (χ0v) is 11.1. The van der Waals surface area contributed by atoms with E-state index in [4.69, 9.17) is 0 Å². The maximum Gasteiger partial charge on any atom is 0.113 e. The molecule has 0 saturated heterocycles. The summed E-state index contributed by atoms with van der Waals surface area (Å²) in [5, 5.41) is 0.458. The van der Waals surface area contributed by atoms with Crippen LogP contribution in [0, 0.1) is 0 Å². The minimum Gasteiger partial charge on any atom is -0.265 e. The van der Waals surface area contributed by atoms with Crippen LogP contribution in [0.25, 0.3) is 0 Å². The predicted octanol–water partition coefficient (Wildman–Crippen LogP) is 5.73. The Morgan fingerprint density at radius 2 is 1.41 bits per heavy atom. The molecule has 0 atom stereocenters. The third-order valence-electron chi connectivity index (χ3n) is 2.26. The normalized spacial score (nSPS) is 7.88. The number of aromatic nitrogens is 1. The number of nitrogens with zero attached hydrogens (tertiary/aromatic N) is 1. The highest BCUT2D eigenvalue weighted by Crippen LogP contribution is 2.25. The van der Waals surface area contributed by atoms with Crippen LogP contribution in [-0.2, 0) is 0 Å². The third-order valence-corrected chi connectivity index (χ3v) is 2.26. The summed E-state index contributed by atoms with van der Waals surface area (Å²) in [6.07, 6.45) is 4.74. The summed E-state index contributed by atoms with van der Waals surface area (Å²) >= 11 is 0. The lowest BCUT2D eigenvalue weighted by atomic mass is 9.55. The lowest BCUT2D eigenvalue weighted by Gasteiger charge is -2.17. The first-order valence-corrected chi connectivity index (χ1v) is 5.78. The van der Waals surface area contributed by atoms with E-state index in [2.05, 4.69) is 39.9 Å². The molecule has 1 aromatic rings. The summed E-state index contributed by atoms with van der Waals surface area (Å²) < 4.78 is 0. The molecule has 1 aromatic heterocycles. The van der Waals surface area contributed by atoms with E-state index in [1.54, 1.807) is 12.4 Å². The van der Waals surface area contributed by atoms with Crippen molar-refractivity contribution >= 4 is 7.28 Å². The highest BCUT2D eigenvalue weighted by atomic mass is 14.6. The second-order valence-corrected chi connectivity index (χ2v) is 3.66. The summed E-state index contributed by atoms with van der Waals surface area (Å²) in [7, 11) is 2.24. The molecule has 0 saturated carbocycles. The van der Waals surface area contributed by atoms with Gasteiger partial charge in [0.25, 0.3) is 0 Å². The molecule has 0 N–H and O–H groups in total. The second kappa shape index (κ2) is 17.6. The third kappa shape index (κ3) is 21.1. The van der Waals surface area contributed by atoms with Crippen molar-refractivity contribution in [1.82, 2.24) is 4.98 Å². The van der Waals surface area contributed by atoms with Gasteiger partial charge in [-0.15, -0.1) is 0 Å². The summed E-state index contributed by atoms with van der Waals surface area (Å²) in [5.74, 6) is 0. The number of hydrogen-bond donors (Lipinski definition) is 0. The molecule has 0 aliphatic heterocycles. The minimum atomic E-state index is 0. The van der Waals surface area contributed by atoms with Gasteiger partial charge in [0.05, 0.1) is 0 Å². The van der Waals surface area contributed by atoms with Gasteiger partial charge in [0.2, 0.25) is 0 Å². The molecule has 0 unspecified atom stereocenters. The maximum absolute atomic E-state index is 3.78. The quantitative estimate of drug-likeness (QED) is 0.600. The van der Waals surface area contributed by atoms with Crippen LogP contribution < -0.4 is 0 Å². The summed E-state index contributed by atoms with van der Waals surface area (Å²) in [4.78, 5) is 3.78. The molecule has 101 valence electrons. The number of pyridine rings is 1. The molecule has 0 fully saturated rings. The van der Waals surface area contributed by atoms with E-state index in [9.17, 15) is 0 Å². The second-order valence-electron chi connectivity index (χ2n) is 3.66. The predicted molar refractivity (Wildman–Crippen MR) is 85.0 cm³/mol. The van der Waals surface area contributed by atoms with Gasteiger partial charge < -0.3 is 0 Å². The largest absolute Gasteiger partial charge is 0.265 e. The highest BCUT2D eigenvalue weighted by molar-refractivity contribution is 6.37. The van der Waals surface area contributed by atoms with Crippen molar-refractivity contribution in [3.05, 3.63) is 30.6 Å².